The normalized spacial score (nSPS) is 23.7. The van der Waals surface area contributed by atoms with Gasteiger partial charge in [0.25, 0.3) is 0 Å². The van der Waals surface area contributed by atoms with Gasteiger partial charge >= 0.3 is 5.97 Å². The molecule has 0 bridgehead atoms. The summed E-state index contributed by atoms with van der Waals surface area (Å²) in [7, 11) is 1.42. The lowest BCUT2D eigenvalue weighted by Gasteiger charge is -2.35. The number of nitrogens with one attached hydrogen (secondary N) is 1. The van der Waals surface area contributed by atoms with E-state index in [4.69, 9.17) is 4.74 Å². The molecule has 2 rings (SSSR count). The van der Waals surface area contributed by atoms with Crippen LogP contribution >= 0.6 is 0 Å². The van der Waals surface area contributed by atoms with Gasteiger partial charge in [-0.1, -0.05) is 12.1 Å². The van der Waals surface area contributed by atoms with Crippen LogP contribution in [0.2, 0.25) is 0 Å². The Morgan fingerprint density at radius 2 is 2.17 bits per heavy atom. The molecule has 3 nitrogen and oxygen atoms in total. The number of carbonyl (C=O) groups is 1. The van der Waals surface area contributed by atoms with Crippen molar-refractivity contribution >= 4 is 5.97 Å². The molecule has 0 spiro atoms. The highest BCUT2D eigenvalue weighted by Crippen LogP contribution is 2.32. The Morgan fingerprint density at radius 3 is 2.72 bits per heavy atom. The lowest BCUT2D eigenvalue weighted by atomic mass is 9.76. The molecule has 1 saturated heterocycles. The number of hydrogen-bond donors (Lipinski definition) is 1. The fraction of sp³-hybridized carbons (Fsp3) is 0.500. The van der Waals surface area contributed by atoms with Gasteiger partial charge < -0.3 is 10.1 Å². The zero-order chi connectivity index (χ0) is 13.0. The van der Waals surface area contributed by atoms with Gasteiger partial charge in [-0.2, -0.15) is 0 Å². The molecule has 0 radical (unpaired) electrons. The maximum absolute atomic E-state index is 12.9. The number of carbonyl (C=O) groups excluding carboxylic acids is 1. The van der Waals surface area contributed by atoms with Gasteiger partial charge in [0.15, 0.2) is 0 Å². The second-order valence-electron chi connectivity index (χ2n) is 4.86. The second-order valence-corrected chi connectivity index (χ2v) is 4.86. The minimum atomic E-state index is -0.509. The first-order chi connectivity index (χ1) is 8.66. The van der Waals surface area contributed by atoms with Crippen molar-refractivity contribution in [2.75, 3.05) is 20.2 Å². The molecular weight excluding hydrogens is 233 g/mol. The van der Waals surface area contributed by atoms with E-state index in [9.17, 15) is 9.18 Å². The third-order valence-corrected chi connectivity index (χ3v) is 3.55. The van der Waals surface area contributed by atoms with Gasteiger partial charge in [0.2, 0.25) is 0 Å². The standard InChI is InChI=1S/C14H18FNO2/c1-18-13(17)14(7-2-8-16-10-14)9-11-3-5-12(15)6-4-11/h3-6,16H,2,7-10H2,1H3. The lowest BCUT2D eigenvalue weighted by Crippen LogP contribution is -2.47. The van der Waals surface area contributed by atoms with Crippen molar-refractivity contribution < 1.29 is 13.9 Å². The molecule has 1 fully saturated rings. The largest absolute Gasteiger partial charge is 0.469 e. The van der Waals surface area contributed by atoms with E-state index in [2.05, 4.69) is 5.32 Å². The summed E-state index contributed by atoms with van der Waals surface area (Å²) in [6.07, 6.45) is 2.35. The molecule has 0 saturated carbocycles. The van der Waals surface area contributed by atoms with E-state index in [-0.39, 0.29) is 11.8 Å². The molecular formula is C14H18FNO2. The molecule has 18 heavy (non-hydrogen) atoms. The zero-order valence-electron chi connectivity index (χ0n) is 10.5. The maximum Gasteiger partial charge on any atom is 0.313 e. The molecule has 1 N–H and O–H groups in total. The molecule has 1 aliphatic heterocycles. The van der Waals surface area contributed by atoms with Gasteiger partial charge in [-0.3, -0.25) is 4.79 Å². The summed E-state index contributed by atoms with van der Waals surface area (Å²) in [6.45, 7) is 1.55. The number of esters is 1. The third kappa shape index (κ3) is 2.70. The highest BCUT2D eigenvalue weighted by molar-refractivity contribution is 5.77. The minimum Gasteiger partial charge on any atom is -0.469 e. The Bertz CT molecular complexity index is 410. The van der Waals surface area contributed by atoms with Crippen LogP contribution in [0, 0.1) is 11.2 Å². The Kier molecular flexibility index (Phi) is 3.97. The molecule has 0 aliphatic carbocycles. The van der Waals surface area contributed by atoms with Crippen LogP contribution in [0.3, 0.4) is 0 Å². The summed E-state index contributed by atoms with van der Waals surface area (Å²) in [5, 5.41) is 3.25. The Labute approximate surface area is 106 Å². The average molecular weight is 251 g/mol. The lowest BCUT2D eigenvalue weighted by molar-refractivity contribution is -0.153. The third-order valence-electron chi connectivity index (χ3n) is 3.55. The van der Waals surface area contributed by atoms with E-state index in [1.54, 1.807) is 12.1 Å². The van der Waals surface area contributed by atoms with Crippen molar-refractivity contribution in [1.82, 2.24) is 5.32 Å². The molecule has 1 aliphatic rings. The highest BCUT2D eigenvalue weighted by Gasteiger charge is 2.40. The SMILES string of the molecule is COC(=O)C1(Cc2ccc(F)cc2)CCCNC1. The van der Waals surface area contributed by atoms with Crippen LogP contribution in [-0.4, -0.2) is 26.2 Å². The zero-order valence-corrected chi connectivity index (χ0v) is 10.5. The highest BCUT2D eigenvalue weighted by atomic mass is 19.1. The Balaban J connectivity index is 2.19. The monoisotopic (exact) mass is 251 g/mol. The summed E-state index contributed by atoms with van der Waals surface area (Å²) in [4.78, 5) is 12.0. The second kappa shape index (κ2) is 5.48. The van der Waals surface area contributed by atoms with Gasteiger partial charge in [-0.05, 0) is 43.5 Å². The maximum atomic E-state index is 12.9. The molecule has 1 heterocycles. The van der Waals surface area contributed by atoms with Crippen molar-refractivity contribution in [3.05, 3.63) is 35.6 Å². The van der Waals surface area contributed by atoms with Crippen molar-refractivity contribution in [3.8, 4) is 0 Å². The van der Waals surface area contributed by atoms with Crippen molar-refractivity contribution in [2.24, 2.45) is 5.41 Å². The number of rotatable bonds is 3. The van der Waals surface area contributed by atoms with E-state index in [0.29, 0.717) is 13.0 Å². The number of halogens is 1. The number of piperidine rings is 1. The fourth-order valence-corrected chi connectivity index (χ4v) is 2.57. The van der Waals surface area contributed by atoms with Crippen LogP contribution in [0.5, 0.6) is 0 Å². The summed E-state index contributed by atoms with van der Waals surface area (Å²) < 4.78 is 17.8. The van der Waals surface area contributed by atoms with Gasteiger partial charge in [0, 0.05) is 6.54 Å². The van der Waals surface area contributed by atoms with E-state index in [1.165, 1.54) is 19.2 Å². The summed E-state index contributed by atoms with van der Waals surface area (Å²) in [5.74, 6) is -0.438. The summed E-state index contributed by atoms with van der Waals surface area (Å²) in [5.41, 5.74) is 0.454. The molecule has 1 aromatic carbocycles. The van der Waals surface area contributed by atoms with Gasteiger partial charge in [0.1, 0.15) is 5.82 Å². The number of hydrogen-bond acceptors (Lipinski definition) is 3. The van der Waals surface area contributed by atoms with Crippen molar-refractivity contribution in [2.45, 2.75) is 19.3 Å². The predicted octanol–water partition coefficient (Wildman–Crippen LogP) is 1.91. The van der Waals surface area contributed by atoms with Gasteiger partial charge in [-0.15, -0.1) is 0 Å². The van der Waals surface area contributed by atoms with Gasteiger partial charge in [-0.25, -0.2) is 4.39 Å². The van der Waals surface area contributed by atoms with E-state index < -0.39 is 5.41 Å². The Hall–Kier alpha value is -1.42. The molecule has 0 amide bonds. The van der Waals surface area contributed by atoms with E-state index in [0.717, 1.165) is 24.9 Å². The van der Waals surface area contributed by atoms with Crippen molar-refractivity contribution in [1.29, 1.82) is 0 Å². The fourth-order valence-electron chi connectivity index (χ4n) is 2.57. The summed E-state index contributed by atoms with van der Waals surface area (Å²) in [6, 6.07) is 6.32. The number of ether oxygens (including phenoxy) is 1. The first-order valence-electron chi connectivity index (χ1n) is 6.20. The van der Waals surface area contributed by atoms with Crippen LogP contribution in [0.1, 0.15) is 18.4 Å². The van der Waals surface area contributed by atoms with Crippen LogP contribution in [0.25, 0.3) is 0 Å². The van der Waals surface area contributed by atoms with Crippen molar-refractivity contribution in [3.63, 3.8) is 0 Å². The number of methoxy groups -OCH3 is 1. The van der Waals surface area contributed by atoms with E-state index >= 15 is 0 Å². The number of benzene rings is 1. The van der Waals surface area contributed by atoms with Crippen LogP contribution in [0.4, 0.5) is 4.39 Å². The molecule has 98 valence electrons. The first-order valence-corrected chi connectivity index (χ1v) is 6.20. The molecule has 4 heteroatoms. The Morgan fingerprint density at radius 1 is 1.44 bits per heavy atom. The minimum absolute atomic E-state index is 0.181. The van der Waals surface area contributed by atoms with Gasteiger partial charge in [0.05, 0.1) is 12.5 Å². The van der Waals surface area contributed by atoms with Crippen LogP contribution < -0.4 is 5.32 Å². The first kappa shape index (κ1) is 13.0. The van der Waals surface area contributed by atoms with E-state index in [1.807, 2.05) is 0 Å². The summed E-state index contributed by atoms with van der Waals surface area (Å²) >= 11 is 0. The average Bonchev–Trinajstić information content (AvgIpc) is 2.41. The van der Waals surface area contributed by atoms with Crippen LogP contribution in [-0.2, 0) is 16.0 Å². The van der Waals surface area contributed by atoms with Crippen LogP contribution in [0.15, 0.2) is 24.3 Å². The molecule has 1 unspecified atom stereocenters. The quantitative estimate of drug-likeness (QED) is 0.834. The smallest absolute Gasteiger partial charge is 0.313 e. The topological polar surface area (TPSA) is 38.3 Å². The molecule has 0 aromatic heterocycles. The molecule has 1 aromatic rings. The molecule has 1 atom stereocenters. The predicted molar refractivity (Wildman–Crippen MR) is 66.7 cm³/mol.